The van der Waals surface area contributed by atoms with Crippen LogP contribution in [0.5, 0.6) is 0 Å². The first kappa shape index (κ1) is 18.4. The maximum absolute atomic E-state index is 12.9. The van der Waals surface area contributed by atoms with Crippen LogP contribution in [0.3, 0.4) is 0 Å². The van der Waals surface area contributed by atoms with Gasteiger partial charge in [0.25, 0.3) is 5.91 Å². The van der Waals surface area contributed by atoms with Crippen molar-refractivity contribution in [2.45, 2.75) is 19.3 Å². The number of rotatable bonds is 4. The normalized spacial score (nSPS) is 14.7. The highest BCUT2D eigenvalue weighted by molar-refractivity contribution is 7.10. The summed E-state index contributed by atoms with van der Waals surface area (Å²) >= 11 is 1.68. The smallest absolute Gasteiger partial charge is 0.339 e. The van der Waals surface area contributed by atoms with Crippen molar-refractivity contribution in [2.75, 3.05) is 13.7 Å². The summed E-state index contributed by atoms with van der Waals surface area (Å²) in [6.07, 6.45) is 4.78. The second-order valence-electron chi connectivity index (χ2n) is 6.62. The van der Waals surface area contributed by atoms with Crippen LogP contribution in [0.2, 0.25) is 0 Å². The first-order valence-electron chi connectivity index (χ1n) is 9.21. The molecule has 3 aromatic rings. The number of thiophene rings is 1. The van der Waals surface area contributed by atoms with Gasteiger partial charge in [0.05, 0.1) is 16.8 Å². The Morgan fingerprint density at radius 3 is 2.86 bits per heavy atom. The van der Waals surface area contributed by atoms with E-state index in [4.69, 9.17) is 9.72 Å². The van der Waals surface area contributed by atoms with Gasteiger partial charge in [0.2, 0.25) is 0 Å². The van der Waals surface area contributed by atoms with E-state index in [1.165, 1.54) is 11.9 Å². The molecule has 0 atom stereocenters. The number of carbonyl (C=O) groups is 2. The predicted molar refractivity (Wildman–Crippen MR) is 111 cm³/mol. The number of hydrogen-bond acceptors (Lipinski definition) is 5. The molecule has 2 aromatic heterocycles. The van der Waals surface area contributed by atoms with Crippen LogP contribution < -0.4 is 5.32 Å². The minimum absolute atomic E-state index is 0.293. The van der Waals surface area contributed by atoms with Gasteiger partial charge in [0.1, 0.15) is 0 Å². The number of likely N-dealkylation sites (N-methyl/N-ethyl adjacent to an activating group) is 1. The molecule has 1 N–H and O–H groups in total. The van der Waals surface area contributed by atoms with Crippen LogP contribution >= 0.6 is 11.3 Å². The zero-order valence-electron chi connectivity index (χ0n) is 15.5. The van der Waals surface area contributed by atoms with Crippen molar-refractivity contribution in [3.63, 3.8) is 0 Å². The summed E-state index contributed by atoms with van der Waals surface area (Å²) in [5.41, 5.74) is 4.20. The highest BCUT2D eigenvalue weighted by atomic mass is 32.1. The minimum Gasteiger partial charge on any atom is -0.452 e. The zero-order chi connectivity index (χ0) is 19.5. The number of benzene rings is 1. The maximum Gasteiger partial charge on any atom is 0.339 e. The van der Waals surface area contributed by atoms with E-state index in [2.05, 4.69) is 17.5 Å². The molecule has 2 heterocycles. The van der Waals surface area contributed by atoms with Crippen molar-refractivity contribution in [1.82, 2.24) is 10.3 Å². The monoisotopic (exact) mass is 392 g/mol. The highest BCUT2D eigenvalue weighted by Crippen LogP contribution is 2.36. The summed E-state index contributed by atoms with van der Waals surface area (Å²) < 4.78 is 5.30. The Bertz CT molecular complexity index is 1070. The number of carbonyl (C=O) groups excluding carboxylic acids is 2. The fourth-order valence-electron chi connectivity index (χ4n) is 3.53. The Morgan fingerprint density at radius 1 is 1.21 bits per heavy atom. The third kappa shape index (κ3) is 3.55. The molecule has 0 aliphatic heterocycles. The summed E-state index contributed by atoms with van der Waals surface area (Å²) in [5, 5.41) is 5.28. The number of amides is 1. The summed E-state index contributed by atoms with van der Waals surface area (Å²) in [5.74, 6) is -0.810. The lowest BCUT2D eigenvalue weighted by Gasteiger charge is -2.22. The molecule has 28 heavy (non-hydrogen) atoms. The number of allylic oxidation sites excluding steroid dienone is 1. The number of aromatic nitrogens is 1. The first-order chi connectivity index (χ1) is 13.7. The van der Waals surface area contributed by atoms with Crippen molar-refractivity contribution >= 4 is 45.8 Å². The summed E-state index contributed by atoms with van der Waals surface area (Å²) in [7, 11) is 1.52. The lowest BCUT2D eigenvalue weighted by Crippen LogP contribution is -2.26. The van der Waals surface area contributed by atoms with Gasteiger partial charge in [-0.15, -0.1) is 11.3 Å². The molecule has 0 radical (unpaired) electrons. The third-order valence-corrected chi connectivity index (χ3v) is 5.67. The van der Waals surface area contributed by atoms with Crippen LogP contribution in [0.15, 0.2) is 41.8 Å². The number of hydrogen-bond donors (Lipinski definition) is 1. The number of ether oxygens (including phenoxy) is 1. The summed E-state index contributed by atoms with van der Waals surface area (Å²) in [6.45, 7) is -0.293. The van der Waals surface area contributed by atoms with E-state index in [1.54, 1.807) is 11.3 Å². The van der Waals surface area contributed by atoms with Crippen molar-refractivity contribution in [3.05, 3.63) is 63.5 Å². The molecule has 0 spiro atoms. The molecule has 0 fully saturated rings. The van der Waals surface area contributed by atoms with Gasteiger partial charge >= 0.3 is 5.97 Å². The van der Waals surface area contributed by atoms with Crippen molar-refractivity contribution in [3.8, 4) is 0 Å². The van der Waals surface area contributed by atoms with Gasteiger partial charge in [-0.2, -0.15) is 0 Å². The van der Waals surface area contributed by atoms with E-state index in [9.17, 15) is 9.59 Å². The van der Waals surface area contributed by atoms with E-state index in [1.807, 2.05) is 35.7 Å². The van der Waals surface area contributed by atoms with Gasteiger partial charge in [-0.3, -0.25) is 4.79 Å². The molecule has 1 amide bonds. The van der Waals surface area contributed by atoms with Crippen molar-refractivity contribution < 1.29 is 14.3 Å². The SMILES string of the molecule is CNC(=O)COC(=O)c1c2c(nc3ccccc13)C(=Cc1cccs1)CCC2. The molecule has 5 nitrogen and oxygen atoms in total. The molecule has 0 saturated heterocycles. The van der Waals surface area contributed by atoms with Gasteiger partial charge < -0.3 is 10.1 Å². The van der Waals surface area contributed by atoms with E-state index >= 15 is 0 Å². The number of fused-ring (bicyclic) bond motifs is 2. The van der Waals surface area contributed by atoms with E-state index in [0.717, 1.165) is 47.0 Å². The lowest BCUT2D eigenvalue weighted by molar-refractivity contribution is -0.123. The quantitative estimate of drug-likeness (QED) is 0.680. The number of nitrogens with one attached hydrogen (secondary N) is 1. The van der Waals surface area contributed by atoms with Crippen LogP contribution in [0, 0.1) is 0 Å². The number of esters is 1. The molecule has 0 saturated carbocycles. The van der Waals surface area contributed by atoms with Gasteiger partial charge in [-0.05, 0) is 54.0 Å². The predicted octanol–water partition coefficient (Wildman–Crippen LogP) is 4.08. The Kier molecular flexibility index (Phi) is 5.21. The molecule has 1 aromatic carbocycles. The molecule has 4 rings (SSSR count). The van der Waals surface area contributed by atoms with Crippen molar-refractivity contribution in [2.24, 2.45) is 0 Å². The summed E-state index contributed by atoms with van der Waals surface area (Å²) in [4.78, 5) is 30.5. The van der Waals surface area contributed by atoms with E-state index in [-0.39, 0.29) is 12.5 Å². The Morgan fingerprint density at radius 2 is 2.07 bits per heavy atom. The molecule has 6 heteroatoms. The second-order valence-corrected chi connectivity index (χ2v) is 7.60. The molecule has 142 valence electrons. The van der Waals surface area contributed by atoms with Gasteiger partial charge in [-0.25, -0.2) is 9.78 Å². The standard InChI is InChI=1S/C22H20N2O3S/c1-23-19(25)13-27-22(26)20-16-8-2-3-10-18(16)24-21-14(6-4-9-17(20)21)12-15-7-5-11-28-15/h2-3,5,7-8,10-12H,4,6,9,13H2,1H3,(H,23,25). The van der Waals surface area contributed by atoms with Crippen LogP contribution in [0.4, 0.5) is 0 Å². The third-order valence-electron chi connectivity index (χ3n) is 4.85. The van der Waals surface area contributed by atoms with Crippen LogP contribution in [-0.4, -0.2) is 30.5 Å². The Hall–Kier alpha value is -2.99. The average Bonchev–Trinajstić information content (AvgIpc) is 3.23. The molecule has 1 aliphatic rings. The number of pyridine rings is 1. The van der Waals surface area contributed by atoms with Crippen LogP contribution in [0.25, 0.3) is 22.6 Å². The van der Waals surface area contributed by atoms with Gasteiger partial charge in [0.15, 0.2) is 6.61 Å². The average molecular weight is 392 g/mol. The van der Waals surface area contributed by atoms with Crippen molar-refractivity contribution in [1.29, 1.82) is 0 Å². The first-order valence-corrected chi connectivity index (χ1v) is 10.1. The summed E-state index contributed by atoms with van der Waals surface area (Å²) in [6, 6.07) is 11.7. The second kappa shape index (κ2) is 7.94. The zero-order valence-corrected chi connectivity index (χ0v) is 16.3. The Balaban J connectivity index is 1.84. The topological polar surface area (TPSA) is 68.3 Å². The molecule has 0 unspecified atom stereocenters. The number of para-hydroxylation sites is 1. The minimum atomic E-state index is -0.476. The van der Waals surface area contributed by atoms with Crippen LogP contribution in [-0.2, 0) is 16.0 Å². The highest BCUT2D eigenvalue weighted by Gasteiger charge is 2.26. The van der Waals surface area contributed by atoms with E-state index < -0.39 is 5.97 Å². The molecular weight excluding hydrogens is 372 g/mol. The van der Waals surface area contributed by atoms with Crippen LogP contribution in [0.1, 0.15) is 39.3 Å². The lowest BCUT2D eigenvalue weighted by atomic mass is 9.86. The Labute approximate surface area is 167 Å². The van der Waals surface area contributed by atoms with Gasteiger partial charge in [-0.1, -0.05) is 24.3 Å². The fourth-order valence-corrected chi connectivity index (χ4v) is 4.21. The maximum atomic E-state index is 12.9. The number of nitrogens with zero attached hydrogens (tertiary/aromatic N) is 1. The molecule has 1 aliphatic carbocycles. The van der Waals surface area contributed by atoms with Gasteiger partial charge in [0, 0.05) is 17.3 Å². The molecule has 0 bridgehead atoms. The van der Waals surface area contributed by atoms with E-state index in [0.29, 0.717) is 5.56 Å². The largest absolute Gasteiger partial charge is 0.452 e. The fraction of sp³-hybridized carbons (Fsp3) is 0.227. The molecular formula is C22H20N2O3S.